The molecule has 1 rings (SSSR count). The minimum absolute atomic E-state index is 0.00990. The molecule has 0 aromatic carbocycles. The van der Waals surface area contributed by atoms with Crippen LogP contribution < -0.4 is 0 Å². The topological polar surface area (TPSA) is 60.9 Å². The van der Waals surface area contributed by atoms with Gasteiger partial charge in [-0.3, -0.25) is 4.79 Å². The van der Waals surface area contributed by atoms with Gasteiger partial charge in [0.1, 0.15) is 0 Å². The monoisotopic (exact) mass is 246 g/mol. The number of hydrogen-bond acceptors (Lipinski definition) is 3. The first-order valence-corrected chi connectivity index (χ1v) is 6.64. The number of thioether (sulfide) groups is 1. The minimum Gasteiger partial charge on any atom is -0.481 e. The Balaban J connectivity index is 2.23. The van der Waals surface area contributed by atoms with Crippen LogP contribution in [0, 0.1) is 5.92 Å². The average Bonchev–Trinajstić information content (AvgIpc) is 2.18. The third-order valence-corrected chi connectivity index (χ3v) is 3.24. The van der Waals surface area contributed by atoms with Gasteiger partial charge in [-0.25, -0.2) is 4.79 Å². The zero-order valence-electron chi connectivity index (χ0n) is 9.68. The molecule has 0 aromatic rings. The predicted molar refractivity (Wildman–Crippen MR) is 63.7 cm³/mol. The van der Waals surface area contributed by atoms with Gasteiger partial charge in [-0.05, 0) is 6.26 Å². The van der Waals surface area contributed by atoms with Crippen LogP contribution in [0.1, 0.15) is 6.42 Å². The highest BCUT2D eigenvalue weighted by molar-refractivity contribution is 7.98. The van der Waals surface area contributed by atoms with Gasteiger partial charge in [0.15, 0.2) is 0 Å². The molecule has 6 heteroatoms. The van der Waals surface area contributed by atoms with Crippen LogP contribution in [0.15, 0.2) is 0 Å². The van der Waals surface area contributed by atoms with Crippen LogP contribution in [0.2, 0.25) is 0 Å². The molecule has 0 atom stereocenters. The average molecular weight is 246 g/mol. The Morgan fingerprint density at radius 2 is 2.12 bits per heavy atom. The first kappa shape index (κ1) is 13.2. The summed E-state index contributed by atoms with van der Waals surface area (Å²) >= 11 is 1.70. The maximum Gasteiger partial charge on any atom is 0.319 e. The third-order valence-electron chi connectivity index (χ3n) is 2.65. The second-order valence-corrected chi connectivity index (χ2v) is 5.05. The lowest BCUT2D eigenvalue weighted by molar-refractivity contribution is -0.139. The SMILES string of the molecule is CSCCN(C)C(=O)N1CC(CC(=O)O)C1. The Labute approximate surface area is 99.8 Å². The number of likely N-dealkylation sites (tertiary alicyclic amines) is 1. The number of urea groups is 1. The molecule has 1 aliphatic rings. The van der Waals surface area contributed by atoms with Crippen LogP contribution in [0.5, 0.6) is 0 Å². The second-order valence-electron chi connectivity index (χ2n) is 4.07. The number of amides is 2. The number of carbonyl (C=O) groups is 2. The maximum atomic E-state index is 11.8. The summed E-state index contributed by atoms with van der Waals surface area (Å²) in [4.78, 5) is 25.6. The fourth-order valence-corrected chi connectivity index (χ4v) is 2.12. The molecule has 1 fully saturated rings. The molecule has 5 nitrogen and oxygen atoms in total. The molecule has 1 N–H and O–H groups in total. The van der Waals surface area contributed by atoms with Crippen molar-refractivity contribution in [2.75, 3.05) is 38.7 Å². The first-order chi connectivity index (χ1) is 7.54. The largest absolute Gasteiger partial charge is 0.481 e. The minimum atomic E-state index is -0.784. The van der Waals surface area contributed by atoms with Gasteiger partial charge >= 0.3 is 12.0 Å². The highest BCUT2D eigenvalue weighted by atomic mass is 32.2. The van der Waals surface area contributed by atoms with Crippen molar-refractivity contribution < 1.29 is 14.7 Å². The third kappa shape index (κ3) is 3.59. The van der Waals surface area contributed by atoms with E-state index >= 15 is 0 Å². The molecule has 2 amide bonds. The van der Waals surface area contributed by atoms with Crippen LogP contribution in [-0.4, -0.2) is 65.6 Å². The number of carbonyl (C=O) groups excluding carboxylic acids is 1. The van der Waals surface area contributed by atoms with Gasteiger partial charge in [0, 0.05) is 38.4 Å². The molecule has 0 unspecified atom stereocenters. The van der Waals surface area contributed by atoms with E-state index in [2.05, 4.69) is 0 Å². The van der Waals surface area contributed by atoms with Crippen molar-refractivity contribution in [2.24, 2.45) is 5.92 Å². The molecule has 1 aliphatic heterocycles. The Morgan fingerprint density at radius 3 is 2.62 bits per heavy atom. The summed E-state index contributed by atoms with van der Waals surface area (Å²) in [5.41, 5.74) is 0. The fourth-order valence-electron chi connectivity index (χ4n) is 1.67. The lowest BCUT2D eigenvalue weighted by Crippen LogP contribution is -2.54. The standard InChI is InChI=1S/C10H18N2O3S/c1-11(3-4-16-2)10(15)12-6-8(7-12)5-9(13)14/h8H,3-7H2,1-2H3,(H,13,14). The van der Waals surface area contributed by atoms with Crippen molar-refractivity contribution in [3.05, 3.63) is 0 Å². The second kappa shape index (κ2) is 5.98. The highest BCUT2D eigenvalue weighted by Gasteiger charge is 2.33. The maximum absolute atomic E-state index is 11.8. The quantitative estimate of drug-likeness (QED) is 0.779. The Morgan fingerprint density at radius 1 is 1.50 bits per heavy atom. The first-order valence-electron chi connectivity index (χ1n) is 5.25. The summed E-state index contributed by atoms with van der Waals surface area (Å²) < 4.78 is 0. The predicted octanol–water partition coefficient (Wildman–Crippen LogP) is 0.808. The van der Waals surface area contributed by atoms with E-state index < -0.39 is 5.97 Å². The van der Waals surface area contributed by atoms with E-state index in [9.17, 15) is 9.59 Å². The molecule has 1 saturated heterocycles. The number of hydrogen-bond donors (Lipinski definition) is 1. The van der Waals surface area contributed by atoms with Gasteiger partial charge in [0.05, 0.1) is 6.42 Å². The van der Waals surface area contributed by atoms with E-state index in [0.29, 0.717) is 13.1 Å². The summed E-state index contributed by atoms with van der Waals surface area (Å²) in [6.07, 6.45) is 2.17. The van der Waals surface area contributed by atoms with E-state index in [1.807, 2.05) is 6.26 Å². The van der Waals surface area contributed by atoms with Gasteiger partial charge in [-0.1, -0.05) is 0 Å². The van der Waals surface area contributed by atoms with Crippen molar-refractivity contribution in [3.8, 4) is 0 Å². The van der Waals surface area contributed by atoms with Gasteiger partial charge in [0.25, 0.3) is 0 Å². The van der Waals surface area contributed by atoms with Crippen molar-refractivity contribution >= 4 is 23.8 Å². The molecule has 0 bridgehead atoms. The zero-order valence-corrected chi connectivity index (χ0v) is 10.5. The van der Waals surface area contributed by atoms with E-state index in [-0.39, 0.29) is 18.4 Å². The van der Waals surface area contributed by atoms with Crippen LogP contribution in [0.4, 0.5) is 4.79 Å². The fraction of sp³-hybridized carbons (Fsp3) is 0.800. The van der Waals surface area contributed by atoms with E-state index in [4.69, 9.17) is 5.11 Å². The number of nitrogens with zero attached hydrogens (tertiary/aromatic N) is 2. The van der Waals surface area contributed by atoms with Gasteiger partial charge in [-0.2, -0.15) is 11.8 Å². The molecule has 0 aromatic heterocycles. The molecule has 0 aliphatic carbocycles. The molecule has 92 valence electrons. The molecular weight excluding hydrogens is 228 g/mol. The van der Waals surface area contributed by atoms with Crippen molar-refractivity contribution in [2.45, 2.75) is 6.42 Å². The van der Waals surface area contributed by atoms with Crippen LogP contribution in [0.3, 0.4) is 0 Å². The van der Waals surface area contributed by atoms with Gasteiger partial charge in [-0.15, -0.1) is 0 Å². The Kier molecular flexibility index (Phi) is 4.92. The Bertz CT molecular complexity index is 267. The number of rotatable bonds is 5. The summed E-state index contributed by atoms with van der Waals surface area (Å²) in [5.74, 6) is 0.275. The summed E-state index contributed by atoms with van der Waals surface area (Å²) in [6.45, 7) is 1.89. The van der Waals surface area contributed by atoms with Gasteiger partial charge in [0.2, 0.25) is 0 Å². The molecule has 0 saturated carbocycles. The summed E-state index contributed by atoms with van der Waals surface area (Å²) in [6, 6.07) is 0.00990. The smallest absolute Gasteiger partial charge is 0.319 e. The van der Waals surface area contributed by atoms with Crippen molar-refractivity contribution in [1.82, 2.24) is 9.80 Å². The number of carboxylic acid groups (broad SMARTS) is 1. The van der Waals surface area contributed by atoms with E-state index in [1.165, 1.54) is 0 Å². The molecule has 0 spiro atoms. The zero-order chi connectivity index (χ0) is 12.1. The number of carboxylic acids is 1. The molecule has 0 radical (unpaired) electrons. The van der Waals surface area contributed by atoms with E-state index in [1.54, 1.807) is 28.6 Å². The van der Waals surface area contributed by atoms with Crippen LogP contribution in [-0.2, 0) is 4.79 Å². The summed E-state index contributed by atoms with van der Waals surface area (Å²) in [7, 11) is 1.78. The van der Waals surface area contributed by atoms with E-state index in [0.717, 1.165) is 12.3 Å². The van der Waals surface area contributed by atoms with Crippen LogP contribution >= 0.6 is 11.8 Å². The summed E-state index contributed by atoms with van der Waals surface area (Å²) in [5, 5.41) is 8.58. The molecule has 1 heterocycles. The normalized spacial score (nSPS) is 15.8. The van der Waals surface area contributed by atoms with Crippen molar-refractivity contribution in [1.29, 1.82) is 0 Å². The molecule has 16 heavy (non-hydrogen) atoms. The Hall–Kier alpha value is -0.910. The molecular formula is C10H18N2O3S. The number of aliphatic carboxylic acids is 1. The lowest BCUT2D eigenvalue weighted by atomic mass is 9.97. The van der Waals surface area contributed by atoms with Crippen LogP contribution in [0.25, 0.3) is 0 Å². The lowest BCUT2D eigenvalue weighted by Gasteiger charge is -2.40. The highest BCUT2D eigenvalue weighted by Crippen LogP contribution is 2.20. The van der Waals surface area contributed by atoms with Crippen molar-refractivity contribution in [3.63, 3.8) is 0 Å². The van der Waals surface area contributed by atoms with Gasteiger partial charge < -0.3 is 14.9 Å².